The molecular weight excluding hydrogens is 80.0 g/mol. The topological polar surface area (TPSA) is 0 Å². The van der Waals surface area contributed by atoms with Crippen molar-refractivity contribution in [3.8, 4) is 0 Å². The zero-order valence-corrected chi connectivity index (χ0v) is 2.34. The van der Waals surface area contributed by atoms with Crippen LogP contribution in [0, 0.1) is 6.15 Å². The van der Waals surface area contributed by atoms with Gasteiger partial charge in [0.2, 0.25) is 0 Å². The molecule has 34 valence electrons. The van der Waals surface area contributed by atoms with Crippen molar-refractivity contribution in [1.29, 1.82) is 0 Å². The van der Waals surface area contributed by atoms with E-state index in [1.807, 2.05) is 0 Å². The van der Waals surface area contributed by atoms with Crippen molar-refractivity contribution in [2.24, 2.45) is 0 Å². The Morgan fingerprint density at radius 3 is 0.400 bits per heavy atom. The molecule has 0 bridgehead atoms. The third-order valence-electron chi connectivity index (χ3n) is 0. The predicted octanol–water partition coefficient (Wildman–Crippen LogP) is 0.610. The summed E-state index contributed by atoms with van der Waals surface area (Å²) in [5.74, 6) is 0. The molecule has 0 fully saturated rings. The molecule has 5 heteroatoms. The van der Waals surface area contributed by atoms with Gasteiger partial charge in [-0.1, -0.05) is 0 Å². The molecule has 5 heavy (non-hydrogen) atoms. The minimum Gasteiger partial charge on any atom is -0.269 e. The van der Waals surface area contributed by atoms with E-state index in [2.05, 4.69) is 0 Å². The summed E-state index contributed by atoms with van der Waals surface area (Å²) in [6, 6.07) is 0. The number of hydrogen-bond acceptors (Lipinski definition) is 0. The first kappa shape index (κ1) is 443. The zero-order chi connectivity index (χ0) is 0. The Labute approximate surface area is 26.4 Å². The molecule has 0 atom stereocenters. The predicted molar refractivity (Wildman–Crippen MR) is 10.0 cm³/mol. The van der Waals surface area contributed by atoms with Gasteiger partial charge >= 0.3 is 0 Å². The number of halogens is 4. The standard InChI is InChI=1S/4FH.He/h4*1H;. The molecule has 0 radical (unpaired) electrons. The van der Waals surface area contributed by atoms with Gasteiger partial charge in [-0.05, 0) is 0 Å². The van der Waals surface area contributed by atoms with Crippen LogP contribution in [-0.4, -0.2) is 0 Å². The smallest absolute Gasteiger partial charge is 0 e. The number of hydrogen-bond donors (Lipinski definition) is 0. The van der Waals surface area contributed by atoms with E-state index >= 15 is 0 Å². The minimum absolute atomic E-state index is 0. The first-order chi connectivity index (χ1) is 0. The Bertz CT molecular complexity index is 3.61. The molecule has 0 nitrogen and oxygen atoms in total. The molecule has 0 amide bonds. The normalized spacial score (nSPS) is 0. The van der Waals surface area contributed by atoms with Crippen LogP contribution in [-0.2, 0) is 0 Å². The summed E-state index contributed by atoms with van der Waals surface area (Å²) in [6.07, 6.45) is 0. The summed E-state index contributed by atoms with van der Waals surface area (Å²) in [6.45, 7) is 0. The second kappa shape index (κ2) is 182. The van der Waals surface area contributed by atoms with E-state index in [0.29, 0.717) is 0 Å². The van der Waals surface area contributed by atoms with Crippen LogP contribution in [0.4, 0.5) is 18.8 Å². The van der Waals surface area contributed by atoms with Gasteiger partial charge in [0.1, 0.15) is 0 Å². The van der Waals surface area contributed by atoms with Crippen LogP contribution in [0.25, 0.3) is 0 Å². The monoisotopic (exact) mass is 84.0 g/mol. The first-order valence-electron chi connectivity index (χ1n) is 0. The molecule has 0 aromatic carbocycles. The van der Waals surface area contributed by atoms with Gasteiger partial charge in [-0.3, -0.25) is 18.8 Å². The second-order valence-electron chi connectivity index (χ2n) is 0. The van der Waals surface area contributed by atoms with Gasteiger partial charge in [-0.2, -0.15) is 0 Å². The molecule has 0 aliphatic heterocycles. The first-order valence-corrected chi connectivity index (χ1v) is 0. The van der Waals surface area contributed by atoms with E-state index in [9.17, 15) is 0 Å². The van der Waals surface area contributed by atoms with Crippen molar-refractivity contribution in [1.82, 2.24) is 0 Å². The zero-order valence-electron chi connectivity index (χ0n) is 2.34. The van der Waals surface area contributed by atoms with Crippen molar-refractivity contribution in [2.45, 2.75) is 0 Å². The van der Waals surface area contributed by atoms with Gasteiger partial charge in [0, 0.05) is 6.15 Å². The molecule has 0 unspecified atom stereocenters. The molecule has 0 aromatic heterocycles. The van der Waals surface area contributed by atoms with Crippen LogP contribution in [0.15, 0.2) is 0 Å². The Balaban J connectivity index is 0. The summed E-state index contributed by atoms with van der Waals surface area (Å²) < 4.78 is 0. The van der Waals surface area contributed by atoms with Crippen molar-refractivity contribution >= 4 is 0 Å². The maximum absolute atomic E-state index is 0. The molecule has 0 aromatic rings. The van der Waals surface area contributed by atoms with Crippen LogP contribution < -0.4 is 0 Å². The maximum Gasteiger partial charge on any atom is 0 e. The van der Waals surface area contributed by atoms with E-state index in [4.69, 9.17) is 0 Å². The van der Waals surface area contributed by atoms with Gasteiger partial charge in [-0.15, -0.1) is 0 Å². The Morgan fingerprint density at radius 2 is 0.400 bits per heavy atom. The summed E-state index contributed by atoms with van der Waals surface area (Å²) >= 11 is 0. The molecule has 0 heterocycles. The molecule has 0 N–H and O–H groups in total. The quantitative estimate of drug-likeness (QED) is 0.377. The summed E-state index contributed by atoms with van der Waals surface area (Å²) in [7, 11) is 0. The molecule has 0 saturated carbocycles. The van der Waals surface area contributed by atoms with Crippen LogP contribution >= 0.6 is 0 Å². The van der Waals surface area contributed by atoms with Crippen molar-refractivity contribution < 1.29 is 25.0 Å². The summed E-state index contributed by atoms with van der Waals surface area (Å²) in [4.78, 5) is 0. The molecule has 0 rings (SSSR count). The van der Waals surface area contributed by atoms with E-state index in [1.165, 1.54) is 0 Å². The fraction of sp³-hybridized carbons (Fsp3) is 0. The van der Waals surface area contributed by atoms with Gasteiger partial charge in [0.25, 0.3) is 0 Å². The fourth-order valence-electron chi connectivity index (χ4n) is 0. The molecule has 0 aliphatic rings. The van der Waals surface area contributed by atoms with E-state index in [1.54, 1.807) is 0 Å². The average molecular weight is 84.0 g/mol. The molecule has 0 aliphatic carbocycles. The molecule has 0 saturated heterocycles. The maximum atomic E-state index is 0. The average Bonchev–Trinajstić information content (AvgIpc) is 0. The molecular formula is H4F4He. The van der Waals surface area contributed by atoms with Gasteiger partial charge in [0.05, 0.1) is 0 Å². The third-order valence-corrected chi connectivity index (χ3v) is 0. The van der Waals surface area contributed by atoms with Crippen LogP contribution in [0.3, 0.4) is 0 Å². The Kier molecular flexibility index (Phi) is 16200. The fourth-order valence-corrected chi connectivity index (χ4v) is 0. The Morgan fingerprint density at radius 1 is 0.400 bits per heavy atom. The minimum atomic E-state index is 0. The van der Waals surface area contributed by atoms with Gasteiger partial charge in [0.15, 0.2) is 0 Å². The van der Waals surface area contributed by atoms with E-state index < -0.39 is 0 Å². The van der Waals surface area contributed by atoms with Crippen molar-refractivity contribution in [2.75, 3.05) is 0 Å². The molecule has 0 spiro atoms. The van der Waals surface area contributed by atoms with Gasteiger partial charge in [-0.25, -0.2) is 0 Å². The summed E-state index contributed by atoms with van der Waals surface area (Å²) in [5, 5.41) is 0. The largest absolute Gasteiger partial charge is 0.269 e. The van der Waals surface area contributed by atoms with Gasteiger partial charge < -0.3 is 0 Å². The summed E-state index contributed by atoms with van der Waals surface area (Å²) in [5.41, 5.74) is 0. The van der Waals surface area contributed by atoms with E-state index in [0.717, 1.165) is 0 Å². The number of rotatable bonds is 0. The SMILES string of the molecule is F.F.F.F.[He]. The third kappa shape index (κ3) is 70.0. The Hall–Kier alpha value is -0.371. The van der Waals surface area contributed by atoms with Crippen LogP contribution in [0.2, 0.25) is 0 Å². The van der Waals surface area contributed by atoms with Crippen molar-refractivity contribution in [3.05, 3.63) is 0 Å². The second-order valence-corrected chi connectivity index (χ2v) is 0. The van der Waals surface area contributed by atoms with E-state index in [-0.39, 0.29) is 25.0 Å². The van der Waals surface area contributed by atoms with Crippen LogP contribution in [0.5, 0.6) is 0 Å². The van der Waals surface area contributed by atoms with Crippen molar-refractivity contribution in [3.63, 3.8) is 0 Å². The van der Waals surface area contributed by atoms with Crippen LogP contribution in [0.1, 0.15) is 0 Å².